The molecule has 15 heavy (non-hydrogen) atoms. The minimum atomic E-state index is 0.228. The molecule has 0 bridgehead atoms. The zero-order chi connectivity index (χ0) is 11.4. The molecule has 1 aromatic rings. The third-order valence-electron chi connectivity index (χ3n) is 2.76. The van der Waals surface area contributed by atoms with Gasteiger partial charge in [-0.1, -0.05) is 30.1 Å². The Morgan fingerprint density at radius 1 is 1.20 bits per heavy atom. The summed E-state index contributed by atoms with van der Waals surface area (Å²) in [5, 5.41) is 1.41. The van der Waals surface area contributed by atoms with Crippen molar-refractivity contribution in [3.05, 3.63) is 33.8 Å². The van der Waals surface area contributed by atoms with Crippen LogP contribution in [-0.4, -0.2) is 13.1 Å². The van der Waals surface area contributed by atoms with E-state index < -0.39 is 0 Å². The van der Waals surface area contributed by atoms with Crippen LogP contribution < -0.4 is 11.5 Å². The van der Waals surface area contributed by atoms with Crippen molar-refractivity contribution in [2.45, 2.75) is 12.8 Å². The first kappa shape index (κ1) is 12.8. The molecule has 0 radical (unpaired) electrons. The van der Waals surface area contributed by atoms with Crippen molar-refractivity contribution in [2.75, 3.05) is 13.1 Å². The van der Waals surface area contributed by atoms with E-state index in [1.807, 2.05) is 6.07 Å². The molecule has 1 unspecified atom stereocenters. The van der Waals surface area contributed by atoms with Gasteiger partial charge in [0.15, 0.2) is 0 Å². The Morgan fingerprint density at radius 3 is 2.33 bits per heavy atom. The zero-order valence-electron chi connectivity index (χ0n) is 8.71. The molecule has 0 spiro atoms. The lowest BCUT2D eigenvalue weighted by Crippen LogP contribution is -2.28. The van der Waals surface area contributed by atoms with Crippen LogP contribution in [0.4, 0.5) is 0 Å². The van der Waals surface area contributed by atoms with Crippen LogP contribution in [0.3, 0.4) is 0 Å². The molecular weight excluding hydrogens is 231 g/mol. The summed E-state index contributed by atoms with van der Waals surface area (Å²) < 4.78 is 0. The van der Waals surface area contributed by atoms with Gasteiger partial charge < -0.3 is 11.5 Å². The first-order valence-electron chi connectivity index (χ1n) is 4.95. The number of benzene rings is 1. The van der Waals surface area contributed by atoms with E-state index >= 15 is 0 Å². The predicted octanol–water partition coefficient (Wildman–Crippen LogP) is 2.63. The highest BCUT2D eigenvalue weighted by Crippen LogP contribution is 2.31. The molecule has 0 aliphatic heterocycles. The van der Waals surface area contributed by atoms with Crippen LogP contribution in [0.15, 0.2) is 18.2 Å². The summed E-state index contributed by atoms with van der Waals surface area (Å²) in [5.41, 5.74) is 12.3. The first-order valence-corrected chi connectivity index (χ1v) is 5.70. The van der Waals surface area contributed by atoms with Gasteiger partial charge in [-0.15, -0.1) is 0 Å². The van der Waals surface area contributed by atoms with E-state index in [4.69, 9.17) is 34.7 Å². The maximum atomic E-state index is 6.11. The van der Waals surface area contributed by atoms with Crippen molar-refractivity contribution in [2.24, 2.45) is 17.4 Å². The van der Waals surface area contributed by atoms with Gasteiger partial charge in [-0.2, -0.15) is 0 Å². The van der Waals surface area contributed by atoms with E-state index in [1.165, 1.54) is 0 Å². The second kappa shape index (κ2) is 5.71. The van der Waals surface area contributed by atoms with Crippen LogP contribution >= 0.6 is 23.2 Å². The van der Waals surface area contributed by atoms with Crippen LogP contribution in [0, 0.1) is 5.92 Å². The van der Waals surface area contributed by atoms with Gasteiger partial charge >= 0.3 is 0 Å². The molecular formula is C11H16Cl2N2. The zero-order valence-corrected chi connectivity index (χ0v) is 10.2. The van der Waals surface area contributed by atoms with Crippen molar-refractivity contribution < 1.29 is 0 Å². The normalized spacial score (nSPS) is 13.2. The molecule has 0 amide bonds. The van der Waals surface area contributed by atoms with Crippen molar-refractivity contribution in [1.82, 2.24) is 0 Å². The molecule has 0 saturated heterocycles. The van der Waals surface area contributed by atoms with Crippen molar-refractivity contribution >= 4 is 23.2 Å². The molecule has 2 nitrogen and oxygen atoms in total. The predicted molar refractivity (Wildman–Crippen MR) is 66.5 cm³/mol. The fourth-order valence-corrected chi connectivity index (χ4v) is 2.09. The summed E-state index contributed by atoms with van der Waals surface area (Å²) in [7, 11) is 0. The van der Waals surface area contributed by atoms with E-state index in [9.17, 15) is 0 Å². The summed E-state index contributed by atoms with van der Waals surface area (Å²) in [6.07, 6.45) is 0. The lowest BCUT2D eigenvalue weighted by molar-refractivity contribution is 0.467. The highest BCUT2D eigenvalue weighted by Gasteiger charge is 2.18. The fourth-order valence-electron chi connectivity index (χ4n) is 1.62. The molecule has 0 aliphatic rings. The minimum absolute atomic E-state index is 0.228. The van der Waals surface area contributed by atoms with E-state index in [0.29, 0.717) is 18.1 Å². The number of hydrogen-bond donors (Lipinski definition) is 2. The Balaban J connectivity index is 2.98. The topological polar surface area (TPSA) is 52.0 Å². The molecule has 1 atom stereocenters. The van der Waals surface area contributed by atoms with Crippen LogP contribution in [0.25, 0.3) is 0 Å². The van der Waals surface area contributed by atoms with Gasteiger partial charge in [-0.3, -0.25) is 0 Å². The Morgan fingerprint density at radius 2 is 1.80 bits per heavy atom. The second-order valence-electron chi connectivity index (χ2n) is 3.69. The molecule has 0 fully saturated rings. The van der Waals surface area contributed by atoms with Gasteiger partial charge in [0.1, 0.15) is 0 Å². The molecule has 4 heteroatoms. The first-order chi connectivity index (χ1) is 7.10. The third kappa shape index (κ3) is 3.08. The molecule has 84 valence electrons. The van der Waals surface area contributed by atoms with Crippen LogP contribution in [-0.2, 0) is 0 Å². The summed E-state index contributed by atoms with van der Waals surface area (Å²) in [6.45, 7) is 3.18. The SMILES string of the molecule is CC(c1cc(Cl)ccc1Cl)C(CN)CN. The maximum absolute atomic E-state index is 6.11. The third-order valence-corrected chi connectivity index (χ3v) is 3.34. The quantitative estimate of drug-likeness (QED) is 0.859. The smallest absolute Gasteiger partial charge is 0.0441 e. The molecule has 0 heterocycles. The molecule has 0 aromatic heterocycles. The van der Waals surface area contributed by atoms with E-state index in [-0.39, 0.29) is 11.8 Å². The standard InChI is InChI=1S/C11H16Cl2N2/c1-7(8(5-14)6-15)10-4-9(12)2-3-11(10)13/h2-4,7-8H,5-6,14-15H2,1H3. The van der Waals surface area contributed by atoms with Crippen molar-refractivity contribution in [3.63, 3.8) is 0 Å². The Bertz CT molecular complexity index is 324. The number of rotatable bonds is 4. The van der Waals surface area contributed by atoms with Crippen LogP contribution in [0.1, 0.15) is 18.4 Å². The minimum Gasteiger partial charge on any atom is -0.330 e. The molecule has 0 aliphatic carbocycles. The Hall–Kier alpha value is -0.280. The van der Waals surface area contributed by atoms with Gasteiger partial charge in [-0.05, 0) is 48.7 Å². The summed E-state index contributed by atoms with van der Waals surface area (Å²) in [4.78, 5) is 0. The van der Waals surface area contributed by atoms with Gasteiger partial charge in [0.05, 0.1) is 0 Å². The lowest BCUT2D eigenvalue weighted by atomic mass is 9.87. The molecule has 1 rings (SSSR count). The molecule has 0 saturated carbocycles. The second-order valence-corrected chi connectivity index (χ2v) is 4.53. The van der Waals surface area contributed by atoms with E-state index in [1.54, 1.807) is 12.1 Å². The summed E-state index contributed by atoms with van der Waals surface area (Å²) >= 11 is 12.0. The number of nitrogens with two attached hydrogens (primary N) is 2. The summed E-state index contributed by atoms with van der Waals surface area (Å²) in [5.74, 6) is 0.465. The number of hydrogen-bond acceptors (Lipinski definition) is 2. The van der Waals surface area contributed by atoms with E-state index in [2.05, 4.69) is 6.92 Å². The molecule has 1 aromatic carbocycles. The fraction of sp³-hybridized carbons (Fsp3) is 0.455. The Kier molecular flexibility index (Phi) is 4.87. The molecule has 4 N–H and O–H groups in total. The van der Waals surface area contributed by atoms with Crippen LogP contribution in [0.2, 0.25) is 10.0 Å². The highest BCUT2D eigenvalue weighted by atomic mass is 35.5. The van der Waals surface area contributed by atoms with Crippen molar-refractivity contribution in [1.29, 1.82) is 0 Å². The van der Waals surface area contributed by atoms with Gasteiger partial charge in [-0.25, -0.2) is 0 Å². The largest absolute Gasteiger partial charge is 0.330 e. The van der Waals surface area contributed by atoms with Gasteiger partial charge in [0.25, 0.3) is 0 Å². The highest BCUT2D eigenvalue weighted by molar-refractivity contribution is 6.33. The lowest BCUT2D eigenvalue weighted by Gasteiger charge is -2.22. The van der Waals surface area contributed by atoms with Crippen molar-refractivity contribution in [3.8, 4) is 0 Å². The van der Waals surface area contributed by atoms with Gasteiger partial charge in [0, 0.05) is 10.0 Å². The van der Waals surface area contributed by atoms with E-state index in [0.717, 1.165) is 10.6 Å². The summed E-state index contributed by atoms with van der Waals surface area (Å²) in [6, 6.07) is 5.46. The average molecular weight is 247 g/mol. The van der Waals surface area contributed by atoms with Gasteiger partial charge in [0.2, 0.25) is 0 Å². The van der Waals surface area contributed by atoms with Crippen LogP contribution in [0.5, 0.6) is 0 Å². The number of halogens is 2. The average Bonchev–Trinajstić information content (AvgIpc) is 2.23. The monoisotopic (exact) mass is 246 g/mol. The maximum Gasteiger partial charge on any atom is 0.0441 e. The Labute approximate surface area is 101 Å².